The number of halogens is 1. The first-order valence-corrected chi connectivity index (χ1v) is 7.75. The van der Waals surface area contributed by atoms with Crippen LogP contribution in [0.5, 0.6) is 5.75 Å². The van der Waals surface area contributed by atoms with Gasteiger partial charge in [0, 0.05) is 5.02 Å². The Balaban J connectivity index is 1.96. The van der Waals surface area contributed by atoms with Crippen LogP contribution in [-0.2, 0) is 4.79 Å². The monoisotopic (exact) mass is 317 g/mol. The minimum Gasteiger partial charge on any atom is -0.481 e. The zero-order valence-corrected chi connectivity index (χ0v) is 13.5. The fraction of sp³-hybridized carbons (Fsp3) is 0.278. The third kappa shape index (κ3) is 4.50. The molecule has 2 aromatic carbocycles. The predicted molar refractivity (Wildman–Crippen MR) is 89.2 cm³/mol. The van der Waals surface area contributed by atoms with Crippen molar-refractivity contribution in [2.75, 3.05) is 0 Å². The van der Waals surface area contributed by atoms with Gasteiger partial charge in [0.25, 0.3) is 5.91 Å². The van der Waals surface area contributed by atoms with Gasteiger partial charge in [-0.25, -0.2) is 0 Å². The Labute approximate surface area is 136 Å². The summed E-state index contributed by atoms with van der Waals surface area (Å²) in [6.45, 7) is 3.78. The molecule has 0 heterocycles. The number of hydrogen-bond acceptors (Lipinski definition) is 2. The Morgan fingerprint density at radius 2 is 1.77 bits per heavy atom. The largest absolute Gasteiger partial charge is 0.481 e. The van der Waals surface area contributed by atoms with Crippen LogP contribution < -0.4 is 10.1 Å². The lowest BCUT2D eigenvalue weighted by Crippen LogP contribution is -2.38. The molecule has 0 aliphatic carbocycles. The van der Waals surface area contributed by atoms with Gasteiger partial charge in [-0.15, -0.1) is 0 Å². The van der Waals surface area contributed by atoms with Crippen molar-refractivity contribution >= 4 is 17.5 Å². The summed E-state index contributed by atoms with van der Waals surface area (Å²) in [7, 11) is 0. The van der Waals surface area contributed by atoms with E-state index in [0.29, 0.717) is 10.8 Å². The van der Waals surface area contributed by atoms with Gasteiger partial charge in [-0.05, 0) is 43.2 Å². The van der Waals surface area contributed by atoms with E-state index in [-0.39, 0.29) is 11.9 Å². The second-order valence-electron chi connectivity index (χ2n) is 5.09. The standard InChI is InChI=1S/C18H20ClNO2/c1-3-17(14-7-5-4-6-8-14)20-18(21)13(2)22-16-11-9-15(19)10-12-16/h4-13,17H,3H2,1-2H3,(H,20,21)/t13-,17-/m0/s1. The minimum atomic E-state index is -0.570. The molecule has 1 amide bonds. The molecular formula is C18H20ClNO2. The minimum absolute atomic E-state index is 0.00929. The summed E-state index contributed by atoms with van der Waals surface area (Å²) in [4.78, 5) is 12.3. The lowest BCUT2D eigenvalue weighted by atomic mass is 10.0. The summed E-state index contributed by atoms with van der Waals surface area (Å²) < 4.78 is 5.64. The summed E-state index contributed by atoms with van der Waals surface area (Å²) in [6, 6.07) is 16.9. The van der Waals surface area contributed by atoms with Gasteiger partial charge in [0.2, 0.25) is 0 Å². The molecule has 0 saturated carbocycles. The van der Waals surface area contributed by atoms with Crippen molar-refractivity contribution in [3.63, 3.8) is 0 Å². The fourth-order valence-corrected chi connectivity index (χ4v) is 2.29. The highest BCUT2D eigenvalue weighted by Gasteiger charge is 2.19. The van der Waals surface area contributed by atoms with Crippen molar-refractivity contribution in [2.24, 2.45) is 0 Å². The van der Waals surface area contributed by atoms with Crippen molar-refractivity contribution in [3.8, 4) is 5.75 Å². The molecule has 2 aromatic rings. The van der Waals surface area contributed by atoms with Crippen LogP contribution in [0.3, 0.4) is 0 Å². The molecule has 0 radical (unpaired) electrons. The van der Waals surface area contributed by atoms with Crippen LogP contribution in [0.25, 0.3) is 0 Å². The molecule has 1 N–H and O–H groups in total. The zero-order chi connectivity index (χ0) is 15.9. The van der Waals surface area contributed by atoms with Crippen LogP contribution in [0.1, 0.15) is 31.9 Å². The first-order chi connectivity index (χ1) is 10.6. The van der Waals surface area contributed by atoms with Gasteiger partial charge in [0.1, 0.15) is 5.75 Å². The maximum absolute atomic E-state index is 12.3. The van der Waals surface area contributed by atoms with Gasteiger partial charge in [0.15, 0.2) is 6.10 Å². The second-order valence-corrected chi connectivity index (χ2v) is 5.53. The molecule has 0 bridgehead atoms. The topological polar surface area (TPSA) is 38.3 Å². The smallest absolute Gasteiger partial charge is 0.261 e. The van der Waals surface area contributed by atoms with E-state index in [4.69, 9.17) is 16.3 Å². The fourth-order valence-electron chi connectivity index (χ4n) is 2.17. The van der Waals surface area contributed by atoms with E-state index in [1.807, 2.05) is 37.3 Å². The molecule has 4 heteroatoms. The molecule has 0 unspecified atom stereocenters. The highest BCUT2D eigenvalue weighted by molar-refractivity contribution is 6.30. The van der Waals surface area contributed by atoms with Crippen LogP contribution in [0.2, 0.25) is 5.02 Å². The molecule has 2 rings (SSSR count). The Kier molecular flexibility index (Phi) is 5.84. The van der Waals surface area contributed by atoms with Crippen LogP contribution in [0.15, 0.2) is 54.6 Å². The predicted octanol–water partition coefficient (Wildman–Crippen LogP) is 4.37. The molecular weight excluding hydrogens is 298 g/mol. The number of benzene rings is 2. The molecule has 0 aliphatic heterocycles. The number of carbonyl (C=O) groups excluding carboxylic acids is 1. The van der Waals surface area contributed by atoms with Crippen LogP contribution in [-0.4, -0.2) is 12.0 Å². The molecule has 0 spiro atoms. The summed E-state index contributed by atoms with van der Waals surface area (Å²) in [5, 5.41) is 3.66. The van der Waals surface area contributed by atoms with E-state index in [2.05, 4.69) is 5.32 Å². The summed E-state index contributed by atoms with van der Waals surface area (Å²) in [5.41, 5.74) is 1.09. The molecule has 0 aromatic heterocycles. The maximum Gasteiger partial charge on any atom is 0.261 e. The highest BCUT2D eigenvalue weighted by Crippen LogP contribution is 2.19. The Morgan fingerprint density at radius 3 is 2.36 bits per heavy atom. The lowest BCUT2D eigenvalue weighted by molar-refractivity contribution is -0.128. The Morgan fingerprint density at radius 1 is 1.14 bits per heavy atom. The number of ether oxygens (including phenoxy) is 1. The van der Waals surface area contributed by atoms with Gasteiger partial charge < -0.3 is 10.1 Å². The quantitative estimate of drug-likeness (QED) is 0.859. The third-order valence-corrected chi connectivity index (χ3v) is 3.67. The van der Waals surface area contributed by atoms with E-state index in [9.17, 15) is 4.79 Å². The summed E-state index contributed by atoms with van der Waals surface area (Å²) in [6.07, 6.45) is 0.252. The molecule has 22 heavy (non-hydrogen) atoms. The van der Waals surface area contributed by atoms with E-state index in [0.717, 1.165) is 12.0 Å². The summed E-state index contributed by atoms with van der Waals surface area (Å²) in [5.74, 6) is 0.491. The number of carbonyl (C=O) groups is 1. The van der Waals surface area contributed by atoms with Crippen LogP contribution in [0, 0.1) is 0 Å². The second kappa shape index (κ2) is 7.85. The van der Waals surface area contributed by atoms with E-state index in [1.54, 1.807) is 31.2 Å². The van der Waals surface area contributed by atoms with Gasteiger partial charge in [0.05, 0.1) is 6.04 Å². The Hall–Kier alpha value is -2.00. The van der Waals surface area contributed by atoms with E-state index in [1.165, 1.54) is 0 Å². The van der Waals surface area contributed by atoms with Gasteiger partial charge in [-0.1, -0.05) is 48.9 Å². The van der Waals surface area contributed by atoms with Crippen molar-refractivity contribution in [2.45, 2.75) is 32.4 Å². The SMILES string of the molecule is CC[C@H](NC(=O)[C@H](C)Oc1ccc(Cl)cc1)c1ccccc1. The maximum atomic E-state index is 12.3. The van der Waals surface area contributed by atoms with Crippen LogP contribution >= 0.6 is 11.6 Å². The van der Waals surface area contributed by atoms with Gasteiger partial charge in [-0.2, -0.15) is 0 Å². The van der Waals surface area contributed by atoms with Crippen LogP contribution in [0.4, 0.5) is 0 Å². The normalized spacial score (nSPS) is 13.2. The molecule has 0 aliphatic rings. The molecule has 3 nitrogen and oxygen atoms in total. The first kappa shape index (κ1) is 16.4. The van der Waals surface area contributed by atoms with Crippen molar-refractivity contribution in [3.05, 3.63) is 65.2 Å². The number of hydrogen-bond donors (Lipinski definition) is 1. The average Bonchev–Trinajstić information content (AvgIpc) is 2.55. The van der Waals surface area contributed by atoms with Crippen molar-refractivity contribution < 1.29 is 9.53 Å². The number of rotatable bonds is 6. The zero-order valence-electron chi connectivity index (χ0n) is 12.8. The molecule has 116 valence electrons. The lowest BCUT2D eigenvalue weighted by Gasteiger charge is -2.21. The third-order valence-electron chi connectivity index (χ3n) is 3.42. The van der Waals surface area contributed by atoms with E-state index >= 15 is 0 Å². The number of nitrogens with one attached hydrogen (secondary N) is 1. The average molecular weight is 318 g/mol. The molecule has 2 atom stereocenters. The Bertz CT molecular complexity index is 598. The first-order valence-electron chi connectivity index (χ1n) is 7.37. The highest BCUT2D eigenvalue weighted by atomic mass is 35.5. The number of amides is 1. The van der Waals surface area contributed by atoms with Crippen molar-refractivity contribution in [1.82, 2.24) is 5.32 Å². The summed E-state index contributed by atoms with van der Waals surface area (Å²) >= 11 is 5.83. The van der Waals surface area contributed by atoms with Gasteiger partial charge >= 0.3 is 0 Å². The van der Waals surface area contributed by atoms with E-state index < -0.39 is 6.10 Å². The van der Waals surface area contributed by atoms with Gasteiger partial charge in [-0.3, -0.25) is 4.79 Å². The molecule has 0 fully saturated rings. The molecule has 0 saturated heterocycles. The van der Waals surface area contributed by atoms with Crippen molar-refractivity contribution in [1.29, 1.82) is 0 Å².